The number of nitrogens with zero attached hydrogens (tertiary/aromatic N) is 1. The van der Waals surface area contributed by atoms with Gasteiger partial charge in [-0.2, -0.15) is 0 Å². The van der Waals surface area contributed by atoms with E-state index in [9.17, 15) is 0 Å². The second-order valence-corrected chi connectivity index (χ2v) is 6.15. The molecule has 2 rings (SSSR count). The topological polar surface area (TPSA) is 24.9 Å². The van der Waals surface area contributed by atoms with Crippen LogP contribution < -0.4 is 5.32 Å². The third kappa shape index (κ3) is 3.09. The van der Waals surface area contributed by atoms with Crippen molar-refractivity contribution in [3.05, 3.63) is 49.4 Å². The standard InChI is InChI=1S/C12H9Br3N2/c1-7-9(14)3-2-4-11(7)17-12-10(15)5-8(13)6-16-12/h2-6H,1H3,(H,16,17). The van der Waals surface area contributed by atoms with Crippen molar-refractivity contribution in [1.29, 1.82) is 0 Å². The van der Waals surface area contributed by atoms with Crippen LogP contribution in [0.4, 0.5) is 11.5 Å². The molecule has 0 saturated heterocycles. The summed E-state index contributed by atoms with van der Waals surface area (Å²) in [7, 11) is 0. The van der Waals surface area contributed by atoms with Gasteiger partial charge in [0.2, 0.25) is 0 Å². The smallest absolute Gasteiger partial charge is 0.144 e. The van der Waals surface area contributed by atoms with Gasteiger partial charge in [0.25, 0.3) is 0 Å². The van der Waals surface area contributed by atoms with Crippen molar-refractivity contribution in [1.82, 2.24) is 4.98 Å². The van der Waals surface area contributed by atoms with Crippen molar-refractivity contribution in [2.45, 2.75) is 6.92 Å². The van der Waals surface area contributed by atoms with E-state index in [0.29, 0.717) is 0 Å². The molecule has 0 saturated carbocycles. The minimum atomic E-state index is 0.800. The van der Waals surface area contributed by atoms with Gasteiger partial charge >= 0.3 is 0 Å². The molecule has 0 fully saturated rings. The van der Waals surface area contributed by atoms with Crippen LogP contribution in [0.15, 0.2) is 43.9 Å². The zero-order chi connectivity index (χ0) is 12.4. The molecule has 1 N–H and O–H groups in total. The number of pyridine rings is 1. The number of anilines is 2. The summed E-state index contributed by atoms with van der Waals surface area (Å²) in [5.74, 6) is 0.800. The third-order valence-corrected chi connectivity index (χ3v) is 4.23. The lowest BCUT2D eigenvalue weighted by Crippen LogP contribution is -1.97. The summed E-state index contributed by atoms with van der Waals surface area (Å²) in [6, 6.07) is 8.00. The van der Waals surface area contributed by atoms with Crippen molar-refractivity contribution in [3.63, 3.8) is 0 Å². The molecular formula is C12H9Br3N2. The van der Waals surface area contributed by atoms with Gasteiger partial charge in [0, 0.05) is 20.8 Å². The quantitative estimate of drug-likeness (QED) is 0.701. The molecule has 0 atom stereocenters. The number of nitrogens with one attached hydrogen (secondary N) is 1. The molecule has 5 heteroatoms. The Bertz CT molecular complexity index is 555. The van der Waals surface area contributed by atoms with Crippen LogP contribution in [0, 0.1) is 6.92 Å². The highest BCUT2D eigenvalue weighted by atomic mass is 79.9. The second-order valence-electron chi connectivity index (χ2n) is 3.52. The molecule has 1 heterocycles. The van der Waals surface area contributed by atoms with E-state index in [4.69, 9.17) is 0 Å². The number of hydrogen-bond acceptors (Lipinski definition) is 2. The monoisotopic (exact) mass is 418 g/mol. The molecule has 17 heavy (non-hydrogen) atoms. The normalized spacial score (nSPS) is 10.4. The Morgan fingerprint density at radius 1 is 1.12 bits per heavy atom. The molecule has 2 nitrogen and oxygen atoms in total. The molecule has 0 unspecified atom stereocenters. The van der Waals surface area contributed by atoms with E-state index in [1.807, 2.05) is 24.3 Å². The van der Waals surface area contributed by atoms with E-state index in [-0.39, 0.29) is 0 Å². The number of halogens is 3. The first-order chi connectivity index (χ1) is 8.08. The van der Waals surface area contributed by atoms with Gasteiger partial charge in [-0.05, 0) is 62.5 Å². The fourth-order valence-corrected chi connectivity index (χ4v) is 2.83. The van der Waals surface area contributed by atoms with Gasteiger partial charge in [0.15, 0.2) is 0 Å². The molecule has 1 aromatic carbocycles. The molecule has 0 aliphatic heterocycles. The van der Waals surface area contributed by atoms with E-state index in [1.165, 1.54) is 0 Å². The van der Waals surface area contributed by atoms with E-state index in [0.717, 1.165) is 30.5 Å². The lowest BCUT2D eigenvalue weighted by atomic mass is 10.2. The fourth-order valence-electron chi connectivity index (χ4n) is 1.38. The van der Waals surface area contributed by atoms with Crippen LogP contribution in [0.5, 0.6) is 0 Å². The summed E-state index contributed by atoms with van der Waals surface area (Å²) in [6.45, 7) is 2.05. The van der Waals surface area contributed by atoms with Crippen molar-refractivity contribution in [2.75, 3.05) is 5.32 Å². The van der Waals surface area contributed by atoms with Crippen molar-refractivity contribution in [3.8, 4) is 0 Å². The zero-order valence-corrected chi connectivity index (χ0v) is 13.7. The molecule has 0 aliphatic rings. The average Bonchev–Trinajstić information content (AvgIpc) is 2.28. The zero-order valence-electron chi connectivity index (χ0n) is 8.97. The fraction of sp³-hybridized carbons (Fsp3) is 0.0833. The van der Waals surface area contributed by atoms with Crippen molar-refractivity contribution >= 4 is 59.3 Å². The first-order valence-corrected chi connectivity index (χ1v) is 7.29. The first kappa shape index (κ1) is 13.1. The molecule has 0 aliphatic carbocycles. The van der Waals surface area contributed by atoms with E-state index in [1.54, 1.807) is 6.20 Å². The van der Waals surface area contributed by atoms with Gasteiger partial charge in [-0.1, -0.05) is 22.0 Å². The highest BCUT2D eigenvalue weighted by Gasteiger charge is 2.06. The second kappa shape index (κ2) is 5.50. The van der Waals surface area contributed by atoms with Gasteiger partial charge < -0.3 is 5.32 Å². The van der Waals surface area contributed by atoms with Crippen LogP contribution in [0.2, 0.25) is 0 Å². The summed E-state index contributed by atoms with van der Waals surface area (Å²) in [5.41, 5.74) is 2.19. The summed E-state index contributed by atoms with van der Waals surface area (Å²) in [6.07, 6.45) is 1.76. The lowest BCUT2D eigenvalue weighted by molar-refractivity contribution is 1.26. The van der Waals surface area contributed by atoms with Gasteiger partial charge in [-0.15, -0.1) is 0 Å². The third-order valence-electron chi connectivity index (χ3n) is 2.33. The highest BCUT2D eigenvalue weighted by molar-refractivity contribution is 9.11. The predicted molar refractivity (Wildman–Crippen MR) is 81.8 cm³/mol. The minimum Gasteiger partial charge on any atom is -0.339 e. The number of benzene rings is 1. The van der Waals surface area contributed by atoms with Crippen LogP contribution in [0.3, 0.4) is 0 Å². The van der Waals surface area contributed by atoms with Gasteiger partial charge in [0.05, 0.1) is 4.47 Å². The molecule has 88 valence electrons. The SMILES string of the molecule is Cc1c(Br)cccc1Nc1ncc(Br)cc1Br. The Labute approximate surface area is 125 Å². The van der Waals surface area contributed by atoms with Crippen LogP contribution in [-0.4, -0.2) is 4.98 Å². The van der Waals surface area contributed by atoms with E-state index < -0.39 is 0 Å². The van der Waals surface area contributed by atoms with Gasteiger partial charge in [0.1, 0.15) is 5.82 Å². The van der Waals surface area contributed by atoms with E-state index >= 15 is 0 Å². The predicted octanol–water partition coefficient (Wildman–Crippen LogP) is 5.42. The minimum absolute atomic E-state index is 0.800. The number of hydrogen-bond donors (Lipinski definition) is 1. The van der Waals surface area contributed by atoms with Crippen LogP contribution in [0.25, 0.3) is 0 Å². The maximum absolute atomic E-state index is 4.32. The Balaban J connectivity index is 2.35. The number of rotatable bonds is 2. The van der Waals surface area contributed by atoms with Crippen molar-refractivity contribution < 1.29 is 0 Å². The van der Waals surface area contributed by atoms with Crippen LogP contribution >= 0.6 is 47.8 Å². The molecular weight excluding hydrogens is 412 g/mol. The molecule has 1 aromatic heterocycles. The Morgan fingerprint density at radius 3 is 2.59 bits per heavy atom. The molecule has 0 bridgehead atoms. The van der Waals surface area contributed by atoms with Gasteiger partial charge in [-0.25, -0.2) is 4.98 Å². The van der Waals surface area contributed by atoms with Crippen LogP contribution in [0.1, 0.15) is 5.56 Å². The lowest BCUT2D eigenvalue weighted by Gasteiger charge is -2.11. The molecule has 2 aromatic rings. The average molecular weight is 421 g/mol. The summed E-state index contributed by atoms with van der Waals surface area (Å²) >= 11 is 10.4. The van der Waals surface area contributed by atoms with Crippen LogP contribution in [-0.2, 0) is 0 Å². The molecule has 0 amide bonds. The maximum atomic E-state index is 4.32. The summed E-state index contributed by atoms with van der Waals surface area (Å²) in [5, 5.41) is 3.30. The van der Waals surface area contributed by atoms with Gasteiger partial charge in [-0.3, -0.25) is 0 Å². The first-order valence-electron chi connectivity index (χ1n) is 4.91. The Hall–Kier alpha value is -0.390. The van der Waals surface area contributed by atoms with E-state index in [2.05, 4.69) is 65.0 Å². The summed E-state index contributed by atoms with van der Waals surface area (Å²) < 4.78 is 2.95. The number of aromatic nitrogens is 1. The highest BCUT2D eigenvalue weighted by Crippen LogP contribution is 2.30. The Kier molecular flexibility index (Phi) is 4.22. The summed E-state index contributed by atoms with van der Waals surface area (Å²) in [4.78, 5) is 4.32. The maximum Gasteiger partial charge on any atom is 0.144 e. The largest absolute Gasteiger partial charge is 0.339 e. The van der Waals surface area contributed by atoms with Crippen molar-refractivity contribution in [2.24, 2.45) is 0 Å². The Morgan fingerprint density at radius 2 is 1.88 bits per heavy atom. The molecule has 0 spiro atoms. The molecule has 0 radical (unpaired) electrons.